The maximum absolute atomic E-state index is 13.4. The highest BCUT2D eigenvalue weighted by molar-refractivity contribution is 6.30. The quantitative estimate of drug-likeness (QED) is 0.611. The number of anilines is 2. The second-order valence-corrected chi connectivity index (χ2v) is 7.22. The molecule has 3 aromatic carbocycles. The molecule has 8 heteroatoms. The van der Waals surface area contributed by atoms with Crippen LogP contribution in [0.3, 0.4) is 0 Å². The summed E-state index contributed by atoms with van der Waals surface area (Å²) in [7, 11) is 0. The molecule has 0 aromatic heterocycles. The van der Waals surface area contributed by atoms with E-state index in [0.717, 1.165) is 6.07 Å². The summed E-state index contributed by atoms with van der Waals surface area (Å²) in [5.74, 6) is -0.0128. The molecule has 1 heterocycles. The number of carbonyl (C=O) groups excluding carboxylic acids is 2. The predicted molar refractivity (Wildman–Crippen MR) is 116 cm³/mol. The van der Waals surface area contributed by atoms with E-state index in [1.165, 1.54) is 18.2 Å². The third-order valence-corrected chi connectivity index (χ3v) is 4.90. The average Bonchev–Trinajstić information content (AvgIpc) is 2.76. The van der Waals surface area contributed by atoms with Crippen LogP contribution in [-0.2, 0) is 4.79 Å². The van der Waals surface area contributed by atoms with Gasteiger partial charge in [0.2, 0.25) is 0 Å². The van der Waals surface area contributed by atoms with Gasteiger partial charge in [0.05, 0.1) is 12.2 Å². The number of halogens is 2. The Labute approximate surface area is 183 Å². The molecule has 1 aliphatic rings. The molecule has 0 saturated carbocycles. The van der Waals surface area contributed by atoms with Crippen LogP contribution in [0.25, 0.3) is 0 Å². The minimum absolute atomic E-state index is 0.0804. The van der Waals surface area contributed by atoms with Gasteiger partial charge < -0.3 is 19.7 Å². The summed E-state index contributed by atoms with van der Waals surface area (Å²) in [6.07, 6.45) is 0. The summed E-state index contributed by atoms with van der Waals surface area (Å²) in [6, 6.07) is 17.3. The number of nitrogens with one attached hydrogen (secondary N) is 1. The number of rotatable bonds is 6. The topological polar surface area (TPSA) is 67.9 Å². The van der Waals surface area contributed by atoms with Gasteiger partial charge in [-0.2, -0.15) is 0 Å². The Kier molecular flexibility index (Phi) is 6.04. The molecule has 0 unspecified atom stereocenters. The fourth-order valence-corrected chi connectivity index (χ4v) is 3.27. The molecule has 0 saturated heterocycles. The van der Waals surface area contributed by atoms with Crippen LogP contribution >= 0.6 is 11.6 Å². The lowest BCUT2D eigenvalue weighted by molar-refractivity contribution is -0.121. The van der Waals surface area contributed by atoms with Gasteiger partial charge in [0.1, 0.15) is 23.9 Å². The van der Waals surface area contributed by atoms with Crippen LogP contribution in [0.15, 0.2) is 66.7 Å². The Balaban J connectivity index is 1.47. The highest BCUT2D eigenvalue weighted by Crippen LogP contribution is 2.34. The third-order valence-electron chi connectivity index (χ3n) is 4.64. The minimum atomic E-state index is -0.496. The molecule has 3 aromatic rings. The normalized spacial score (nSPS) is 12.7. The van der Waals surface area contributed by atoms with E-state index in [1.54, 1.807) is 47.4 Å². The van der Waals surface area contributed by atoms with Crippen LogP contribution in [0.4, 0.5) is 15.8 Å². The monoisotopic (exact) mass is 440 g/mol. The summed E-state index contributed by atoms with van der Waals surface area (Å²) in [5.41, 5.74) is 1.17. The van der Waals surface area contributed by atoms with Crippen LogP contribution in [0.5, 0.6) is 11.5 Å². The summed E-state index contributed by atoms with van der Waals surface area (Å²) >= 11 is 5.87. The molecule has 0 fully saturated rings. The van der Waals surface area contributed by atoms with E-state index in [-0.39, 0.29) is 24.7 Å². The molecule has 6 nitrogen and oxygen atoms in total. The number of benzene rings is 3. The number of ether oxygens (including phenoxy) is 2. The molecule has 4 rings (SSSR count). The highest BCUT2D eigenvalue weighted by atomic mass is 35.5. The van der Waals surface area contributed by atoms with Crippen molar-refractivity contribution in [3.05, 3.63) is 83.1 Å². The van der Waals surface area contributed by atoms with Crippen LogP contribution in [0.2, 0.25) is 5.02 Å². The lowest BCUT2D eigenvalue weighted by Crippen LogP contribution is -2.41. The van der Waals surface area contributed by atoms with Crippen molar-refractivity contribution in [2.24, 2.45) is 0 Å². The smallest absolute Gasteiger partial charge is 0.265 e. The second kappa shape index (κ2) is 9.06. The van der Waals surface area contributed by atoms with E-state index in [9.17, 15) is 14.0 Å². The van der Waals surface area contributed by atoms with E-state index in [4.69, 9.17) is 21.1 Å². The summed E-state index contributed by atoms with van der Waals surface area (Å²) in [4.78, 5) is 26.4. The van der Waals surface area contributed by atoms with E-state index in [2.05, 4.69) is 5.32 Å². The van der Waals surface area contributed by atoms with Crippen LogP contribution < -0.4 is 19.7 Å². The largest absolute Gasteiger partial charge is 0.492 e. The van der Waals surface area contributed by atoms with Gasteiger partial charge in [0, 0.05) is 16.3 Å². The average molecular weight is 441 g/mol. The number of amides is 2. The first-order valence-electron chi connectivity index (χ1n) is 9.52. The molecule has 31 heavy (non-hydrogen) atoms. The zero-order valence-electron chi connectivity index (χ0n) is 16.3. The molecule has 0 aliphatic carbocycles. The zero-order valence-corrected chi connectivity index (χ0v) is 17.1. The Morgan fingerprint density at radius 2 is 1.94 bits per heavy atom. The lowest BCUT2D eigenvalue weighted by atomic mass is 10.1. The molecule has 2 amide bonds. The van der Waals surface area contributed by atoms with Crippen LogP contribution in [0.1, 0.15) is 10.4 Å². The maximum Gasteiger partial charge on any atom is 0.265 e. The molecule has 0 bridgehead atoms. The molecule has 158 valence electrons. The van der Waals surface area contributed by atoms with Crippen molar-refractivity contribution in [1.29, 1.82) is 0 Å². The molecule has 1 aliphatic heterocycles. The first-order chi connectivity index (χ1) is 15.0. The summed E-state index contributed by atoms with van der Waals surface area (Å²) in [5, 5.41) is 3.32. The van der Waals surface area contributed by atoms with Gasteiger partial charge in [0.15, 0.2) is 6.61 Å². The number of carbonyl (C=O) groups is 2. The standard InChI is InChI=1S/C23H18ClFN2O4/c24-16-4-7-19(8-5-16)30-11-10-27-20-13-18(6-9-21(20)31-14-22(27)28)26-23(29)15-2-1-3-17(25)12-15/h1-9,12-13H,10-11,14H2,(H,26,29). The number of hydrogen-bond acceptors (Lipinski definition) is 4. The van der Waals surface area contributed by atoms with E-state index < -0.39 is 11.7 Å². The molecular weight excluding hydrogens is 423 g/mol. The van der Waals surface area contributed by atoms with Gasteiger partial charge in [-0.3, -0.25) is 9.59 Å². The van der Waals surface area contributed by atoms with E-state index in [0.29, 0.717) is 34.4 Å². The number of fused-ring (bicyclic) bond motifs is 1. The van der Waals surface area contributed by atoms with Gasteiger partial charge in [-0.1, -0.05) is 17.7 Å². The lowest BCUT2D eigenvalue weighted by Gasteiger charge is -2.29. The highest BCUT2D eigenvalue weighted by Gasteiger charge is 2.26. The SMILES string of the molecule is O=C(Nc1ccc2c(c1)N(CCOc1ccc(Cl)cc1)C(=O)CO2)c1cccc(F)c1. The Bertz CT molecular complexity index is 1120. The first kappa shape index (κ1) is 20.7. The fraction of sp³-hybridized carbons (Fsp3) is 0.130. The van der Waals surface area contributed by atoms with Crippen molar-refractivity contribution in [2.45, 2.75) is 0 Å². The zero-order chi connectivity index (χ0) is 21.8. The second-order valence-electron chi connectivity index (χ2n) is 6.78. The van der Waals surface area contributed by atoms with Gasteiger partial charge >= 0.3 is 0 Å². The molecule has 1 N–H and O–H groups in total. The van der Waals surface area contributed by atoms with E-state index in [1.807, 2.05) is 0 Å². The van der Waals surface area contributed by atoms with Crippen LogP contribution in [-0.4, -0.2) is 31.6 Å². The Hall–Kier alpha value is -3.58. The number of hydrogen-bond donors (Lipinski definition) is 1. The molecule has 0 atom stereocenters. The fourth-order valence-electron chi connectivity index (χ4n) is 3.14. The maximum atomic E-state index is 13.4. The van der Waals surface area contributed by atoms with Crippen LogP contribution in [0, 0.1) is 5.82 Å². The van der Waals surface area contributed by atoms with Gasteiger partial charge in [0.25, 0.3) is 11.8 Å². The molecule has 0 spiro atoms. The van der Waals surface area contributed by atoms with Crippen molar-refractivity contribution in [3.63, 3.8) is 0 Å². The summed E-state index contributed by atoms with van der Waals surface area (Å²) < 4.78 is 24.6. The minimum Gasteiger partial charge on any atom is -0.492 e. The van der Waals surface area contributed by atoms with Gasteiger partial charge in [-0.05, 0) is 60.7 Å². The number of nitrogens with zero attached hydrogens (tertiary/aromatic N) is 1. The molecular formula is C23H18ClFN2O4. The van der Waals surface area contributed by atoms with Gasteiger partial charge in [-0.15, -0.1) is 0 Å². The first-order valence-corrected chi connectivity index (χ1v) is 9.90. The van der Waals surface area contributed by atoms with Crippen molar-refractivity contribution < 1.29 is 23.5 Å². The van der Waals surface area contributed by atoms with Gasteiger partial charge in [-0.25, -0.2) is 4.39 Å². The molecule has 0 radical (unpaired) electrons. The Morgan fingerprint density at radius 1 is 1.13 bits per heavy atom. The van der Waals surface area contributed by atoms with E-state index >= 15 is 0 Å². The summed E-state index contributed by atoms with van der Waals surface area (Å²) in [6.45, 7) is 0.467. The van der Waals surface area contributed by atoms with Crippen molar-refractivity contribution >= 4 is 34.8 Å². The van der Waals surface area contributed by atoms with Crippen molar-refractivity contribution in [2.75, 3.05) is 30.0 Å². The van der Waals surface area contributed by atoms with Crippen molar-refractivity contribution in [3.8, 4) is 11.5 Å². The third kappa shape index (κ3) is 4.95. The predicted octanol–water partition coefficient (Wildman–Crippen LogP) is 4.54. The Morgan fingerprint density at radius 3 is 2.71 bits per heavy atom. The van der Waals surface area contributed by atoms with Crippen molar-refractivity contribution in [1.82, 2.24) is 0 Å².